The standard InChI is InChI=1S/C19H21N3O2/c1-15-7-9-18(21-20-15)24-17-11-13-22(14-12-17)19(23)10-8-16-5-3-2-4-6-16/h2-10,17H,11-14H2,1H3/b10-8+. The summed E-state index contributed by atoms with van der Waals surface area (Å²) in [7, 11) is 0. The lowest BCUT2D eigenvalue weighted by Gasteiger charge is -2.31. The molecular weight excluding hydrogens is 302 g/mol. The van der Waals surface area contributed by atoms with E-state index in [4.69, 9.17) is 4.74 Å². The minimum absolute atomic E-state index is 0.0485. The van der Waals surface area contributed by atoms with Crippen molar-refractivity contribution < 1.29 is 9.53 Å². The molecule has 1 amide bonds. The minimum Gasteiger partial charge on any atom is -0.473 e. The van der Waals surface area contributed by atoms with Gasteiger partial charge in [0.05, 0.1) is 5.69 Å². The Morgan fingerprint density at radius 1 is 1.12 bits per heavy atom. The quantitative estimate of drug-likeness (QED) is 0.812. The molecule has 5 nitrogen and oxygen atoms in total. The van der Waals surface area contributed by atoms with Crippen molar-refractivity contribution in [3.63, 3.8) is 0 Å². The maximum absolute atomic E-state index is 12.2. The van der Waals surface area contributed by atoms with Crippen molar-refractivity contribution >= 4 is 12.0 Å². The Hall–Kier alpha value is -2.69. The van der Waals surface area contributed by atoms with Crippen LogP contribution in [0.5, 0.6) is 5.88 Å². The van der Waals surface area contributed by atoms with E-state index in [1.165, 1.54) is 0 Å². The van der Waals surface area contributed by atoms with Crippen molar-refractivity contribution in [2.24, 2.45) is 0 Å². The smallest absolute Gasteiger partial charge is 0.246 e. The van der Waals surface area contributed by atoms with Gasteiger partial charge < -0.3 is 9.64 Å². The van der Waals surface area contributed by atoms with Crippen LogP contribution in [0.1, 0.15) is 24.1 Å². The lowest BCUT2D eigenvalue weighted by atomic mass is 10.1. The Balaban J connectivity index is 1.48. The van der Waals surface area contributed by atoms with E-state index in [1.54, 1.807) is 6.08 Å². The fourth-order valence-corrected chi connectivity index (χ4v) is 2.65. The third kappa shape index (κ3) is 4.41. The average Bonchev–Trinajstić information content (AvgIpc) is 2.63. The molecule has 1 aliphatic heterocycles. The number of benzene rings is 1. The van der Waals surface area contributed by atoms with Crippen molar-refractivity contribution in [3.8, 4) is 5.88 Å². The van der Waals surface area contributed by atoms with Crippen LogP contribution in [0.3, 0.4) is 0 Å². The van der Waals surface area contributed by atoms with Crippen molar-refractivity contribution in [1.29, 1.82) is 0 Å². The molecule has 1 aliphatic rings. The fraction of sp³-hybridized carbons (Fsp3) is 0.316. The van der Waals surface area contributed by atoms with E-state index < -0.39 is 0 Å². The zero-order valence-corrected chi connectivity index (χ0v) is 13.8. The molecule has 0 unspecified atom stereocenters. The van der Waals surface area contributed by atoms with E-state index in [2.05, 4.69) is 10.2 Å². The van der Waals surface area contributed by atoms with Gasteiger partial charge >= 0.3 is 0 Å². The molecule has 2 heterocycles. The van der Waals surface area contributed by atoms with E-state index in [0.717, 1.165) is 24.1 Å². The second-order valence-electron chi connectivity index (χ2n) is 5.90. The first-order valence-corrected chi connectivity index (χ1v) is 8.20. The van der Waals surface area contributed by atoms with E-state index >= 15 is 0 Å². The molecule has 0 radical (unpaired) electrons. The van der Waals surface area contributed by atoms with Gasteiger partial charge in [-0.05, 0) is 24.6 Å². The highest BCUT2D eigenvalue weighted by Crippen LogP contribution is 2.17. The maximum Gasteiger partial charge on any atom is 0.246 e. The van der Waals surface area contributed by atoms with Crippen molar-refractivity contribution in [3.05, 3.63) is 59.8 Å². The van der Waals surface area contributed by atoms with Crippen LogP contribution in [0.15, 0.2) is 48.5 Å². The van der Waals surface area contributed by atoms with E-state index in [1.807, 2.05) is 60.4 Å². The summed E-state index contributed by atoms with van der Waals surface area (Å²) in [6.45, 7) is 3.29. The monoisotopic (exact) mass is 323 g/mol. The van der Waals surface area contributed by atoms with Gasteiger partial charge in [0.1, 0.15) is 6.10 Å². The number of hydrogen-bond acceptors (Lipinski definition) is 4. The summed E-state index contributed by atoms with van der Waals surface area (Å²) in [6.07, 6.45) is 5.19. The van der Waals surface area contributed by atoms with Crippen molar-refractivity contribution in [2.75, 3.05) is 13.1 Å². The first kappa shape index (κ1) is 16.2. The van der Waals surface area contributed by atoms with Crippen LogP contribution in [0, 0.1) is 6.92 Å². The van der Waals surface area contributed by atoms with Crippen molar-refractivity contribution in [1.82, 2.24) is 15.1 Å². The van der Waals surface area contributed by atoms with Crippen molar-refractivity contribution in [2.45, 2.75) is 25.9 Å². The maximum atomic E-state index is 12.2. The molecule has 1 aromatic carbocycles. The summed E-state index contributed by atoms with van der Waals surface area (Å²) in [5, 5.41) is 8.02. The second kappa shape index (κ2) is 7.73. The summed E-state index contributed by atoms with van der Waals surface area (Å²) < 4.78 is 5.84. The van der Waals surface area contributed by atoms with Crippen LogP contribution < -0.4 is 4.74 Å². The van der Waals surface area contributed by atoms with Crippen LogP contribution in [0.2, 0.25) is 0 Å². The predicted octanol–water partition coefficient (Wildman–Crippen LogP) is 2.87. The number of aryl methyl sites for hydroxylation is 1. The first-order valence-electron chi connectivity index (χ1n) is 8.20. The van der Waals surface area contributed by atoms with Gasteiger partial charge in [-0.1, -0.05) is 30.3 Å². The van der Waals surface area contributed by atoms with Gasteiger partial charge in [0, 0.05) is 38.1 Å². The molecule has 3 rings (SSSR count). The highest BCUT2D eigenvalue weighted by atomic mass is 16.5. The number of ether oxygens (including phenoxy) is 1. The summed E-state index contributed by atoms with van der Waals surface area (Å²) in [5.41, 5.74) is 1.90. The summed E-state index contributed by atoms with van der Waals surface area (Å²) in [5.74, 6) is 0.599. The molecular formula is C19H21N3O2. The van der Waals surface area contributed by atoms with Gasteiger partial charge in [0.25, 0.3) is 0 Å². The van der Waals surface area contributed by atoms with Gasteiger partial charge in [-0.25, -0.2) is 0 Å². The summed E-state index contributed by atoms with van der Waals surface area (Å²) in [4.78, 5) is 14.1. The molecule has 0 spiro atoms. The number of aromatic nitrogens is 2. The SMILES string of the molecule is Cc1ccc(OC2CCN(C(=O)/C=C/c3ccccc3)CC2)nn1. The van der Waals surface area contributed by atoms with E-state index in [9.17, 15) is 4.79 Å². The molecule has 0 bridgehead atoms. The third-order valence-electron chi connectivity index (χ3n) is 4.03. The lowest BCUT2D eigenvalue weighted by molar-refractivity contribution is -0.127. The van der Waals surface area contributed by atoms with E-state index in [0.29, 0.717) is 19.0 Å². The van der Waals surface area contributed by atoms with Gasteiger partial charge in [0.15, 0.2) is 0 Å². The summed E-state index contributed by atoms with van der Waals surface area (Å²) >= 11 is 0. The molecule has 124 valence electrons. The Labute approximate surface area is 142 Å². The Kier molecular flexibility index (Phi) is 5.21. The van der Waals surface area contributed by atoms with Gasteiger partial charge in [-0.15, -0.1) is 5.10 Å². The zero-order chi connectivity index (χ0) is 16.8. The Bertz CT molecular complexity index is 690. The highest BCUT2D eigenvalue weighted by Gasteiger charge is 2.23. The fourth-order valence-electron chi connectivity index (χ4n) is 2.65. The average molecular weight is 323 g/mol. The van der Waals surface area contributed by atoms with Gasteiger partial charge in [-0.2, -0.15) is 5.10 Å². The Morgan fingerprint density at radius 2 is 1.88 bits per heavy atom. The number of carbonyl (C=O) groups is 1. The largest absolute Gasteiger partial charge is 0.473 e. The molecule has 2 aromatic rings. The van der Waals surface area contributed by atoms with Crippen LogP contribution in [-0.2, 0) is 4.79 Å². The summed E-state index contributed by atoms with van der Waals surface area (Å²) in [6, 6.07) is 13.6. The lowest BCUT2D eigenvalue weighted by Crippen LogP contribution is -2.41. The topological polar surface area (TPSA) is 55.3 Å². The number of piperidine rings is 1. The molecule has 0 saturated carbocycles. The van der Waals surface area contributed by atoms with Crippen LogP contribution >= 0.6 is 0 Å². The normalized spacial score (nSPS) is 15.6. The molecule has 1 saturated heterocycles. The zero-order valence-electron chi connectivity index (χ0n) is 13.8. The number of carbonyl (C=O) groups excluding carboxylic acids is 1. The molecule has 0 N–H and O–H groups in total. The van der Waals surface area contributed by atoms with E-state index in [-0.39, 0.29) is 12.0 Å². The number of nitrogens with zero attached hydrogens (tertiary/aromatic N) is 3. The van der Waals surface area contributed by atoms with Crippen LogP contribution in [0.25, 0.3) is 6.08 Å². The molecule has 5 heteroatoms. The number of likely N-dealkylation sites (tertiary alicyclic amines) is 1. The minimum atomic E-state index is 0.0485. The number of rotatable bonds is 4. The molecule has 0 aliphatic carbocycles. The van der Waals surface area contributed by atoms with Crippen LogP contribution in [0.4, 0.5) is 0 Å². The molecule has 0 atom stereocenters. The Morgan fingerprint density at radius 3 is 2.54 bits per heavy atom. The van der Waals surface area contributed by atoms with Crippen LogP contribution in [-0.4, -0.2) is 40.2 Å². The number of hydrogen-bond donors (Lipinski definition) is 0. The third-order valence-corrected chi connectivity index (χ3v) is 4.03. The van der Waals surface area contributed by atoms with Gasteiger partial charge in [0.2, 0.25) is 11.8 Å². The number of amides is 1. The second-order valence-corrected chi connectivity index (χ2v) is 5.90. The molecule has 1 aromatic heterocycles. The van der Waals surface area contributed by atoms with Gasteiger partial charge in [-0.3, -0.25) is 4.79 Å². The predicted molar refractivity (Wildman–Crippen MR) is 92.5 cm³/mol. The first-order chi connectivity index (χ1) is 11.7. The molecule has 1 fully saturated rings. The highest BCUT2D eigenvalue weighted by molar-refractivity contribution is 5.91. The molecule has 24 heavy (non-hydrogen) atoms.